The maximum atomic E-state index is 12.6. The minimum Gasteiger partial charge on any atom is -0.378 e. The second-order valence-corrected chi connectivity index (χ2v) is 8.10. The molecule has 0 unspecified atom stereocenters. The summed E-state index contributed by atoms with van der Waals surface area (Å²) in [6, 6.07) is 13.3. The largest absolute Gasteiger partial charge is 0.378 e. The summed E-state index contributed by atoms with van der Waals surface area (Å²) in [5.74, 6) is -0.757. The van der Waals surface area contributed by atoms with Crippen LogP contribution < -0.4 is 15.8 Å². The van der Waals surface area contributed by atoms with Crippen molar-refractivity contribution in [1.29, 1.82) is 0 Å². The molecule has 1 heterocycles. The zero-order valence-electron chi connectivity index (χ0n) is 17.2. The lowest BCUT2D eigenvalue weighted by atomic mass is 10.1. The lowest BCUT2D eigenvalue weighted by Crippen LogP contribution is -2.41. The predicted octanol–water partition coefficient (Wildman–Crippen LogP) is 3.88. The van der Waals surface area contributed by atoms with E-state index in [1.807, 2.05) is 51.0 Å². The number of hydrogen-bond acceptors (Lipinski definition) is 5. The number of anilines is 1. The molecule has 3 aromatic rings. The molecule has 0 atom stereocenters. The van der Waals surface area contributed by atoms with Gasteiger partial charge in [-0.15, -0.1) is 11.3 Å². The molecule has 0 aliphatic heterocycles. The number of thiazole rings is 1. The molecule has 2 aromatic carbocycles. The first-order valence-corrected chi connectivity index (χ1v) is 10.0. The van der Waals surface area contributed by atoms with E-state index in [1.165, 1.54) is 16.9 Å². The fourth-order valence-corrected chi connectivity index (χ4v) is 4.00. The summed E-state index contributed by atoms with van der Waals surface area (Å²) in [5.41, 5.74) is 10.3. The third-order valence-electron chi connectivity index (χ3n) is 4.53. The highest BCUT2D eigenvalue weighted by Crippen LogP contribution is 2.30. The molecule has 0 radical (unpaired) electrons. The van der Waals surface area contributed by atoms with Crippen molar-refractivity contribution in [2.45, 2.75) is 20.8 Å². The molecule has 0 spiro atoms. The van der Waals surface area contributed by atoms with E-state index in [0.29, 0.717) is 16.1 Å². The van der Waals surface area contributed by atoms with Crippen LogP contribution in [0.1, 0.15) is 36.9 Å². The van der Waals surface area contributed by atoms with Crippen molar-refractivity contribution < 1.29 is 9.59 Å². The Bertz CT molecular complexity index is 1070. The first kappa shape index (κ1) is 20.5. The zero-order chi connectivity index (χ0) is 21.1. The Balaban J connectivity index is 1.72. The van der Waals surface area contributed by atoms with Gasteiger partial charge in [0.1, 0.15) is 9.88 Å². The quantitative estimate of drug-likeness (QED) is 0.643. The van der Waals surface area contributed by atoms with E-state index in [2.05, 4.69) is 21.9 Å². The maximum Gasteiger partial charge on any atom is 0.281 e. The molecule has 0 bridgehead atoms. The summed E-state index contributed by atoms with van der Waals surface area (Å²) >= 11 is 1.31. The monoisotopic (exact) mass is 408 g/mol. The third kappa shape index (κ3) is 4.63. The van der Waals surface area contributed by atoms with E-state index in [0.717, 1.165) is 21.8 Å². The molecule has 0 saturated heterocycles. The molecule has 0 aliphatic rings. The Hall–Kier alpha value is -3.19. The van der Waals surface area contributed by atoms with Gasteiger partial charge in [0.2, 0.25) is 0 Å². The van der Waals surface area contributed by atoms with Crippen LogP contribution >= 0.6 is 11.3 Å². The van der Waals surface area contributed by atoms with Gasteiger partial charge in [0.15, 0.2) is 0 Å². The van der Waals surface area contributed by atoms with E-state index >= 15 is 0 Å². The van der Waals surface area contributed by atoms with Crippen molar-refractivity contribution in [3.63, 3.8) is 0 Å². The minimum absolute atomic E-state index is 0.376. The standard InChI is InChI=1S/C22H24N4O2S/c1-13-9-10-18(14(2)11-13)22-23-15(3)19(29-22)21(28)25-24-20(27)16-7-6-8-17(12-16)26(4)5/h6-12H,1-5H3,(H,24,27)(H,25,28). The smallest absolute Gasteiger partial charge is 0.281 e. The number of hydrogen-bond donors (Lipinski definition) is 2. The predicted molar refractivity (Wildman–Crippen MR) is 117 cm³/mol. The Morgan fingerprint density at radius 3 is 2.38 bits per heavy atom. The van der Waals surface area contributed by atoms with Crippen LogP contribution in [0.4, 0.5) is 5.69 Å². The second kappa shape index (κ2) is 8.45. The number of aromatic nitrogens is 1. The average molecular weight is 409 g/mol. The minimum atomic E-state index is -0.381. The van der Waals surface area contributed by atoms with Crippen LogP contribution in [0.25, 0.3) is 10.6 Å². The fourth-order valence-electron chi connectivity index (χ4n) is 2.94. The van der Waals surface area contributed by atoms with E-state index in [9.17, 15) is 9.59 Å². The van der Waals surface area contributed by atoms with Gasteiger partial charge >= 0.3 is 0 Å². The maximum absolute atomic E-state index is 12.6. The Kier molecular flexibility index (Phi) is 5.98. The van der Waals surface area contributed by atoms with Crippen molar-refractivity contribution in [2.75, 3.05) is 19.0 Å². The van der Waals surface area contributed by atoms with E-state index in [1.54, 1.807) is 25.1 Å². The van der Waals surface area contributed by atoms with Crippen molar-refractivity contribution in [1.82, 2.24) is 15.8 Å². The number of carbonyl (C=O) groups is 2. The van der Waals surface area contributed by atoms with Gasteiger partial charge in [-0.25, -0.2) is 4.98 Å². The number of amides is 2. The molecule has 6 nitrogen and oxygen atoms in total. The summed E-state index contributed by atoms with van der Waals surface area (Å²) in [6.45, 7) is 5.86. The molecule has 0 aliphatic carbocycles. The molecule has 2 amide bonds. The Morgan fingerprint density at radius 1 is 0.966 bits per heavy atom. The summed E-state index contributed by atoms with van der Waals surface area (Å²) in [4.78, 5) is 31.9. The molecule has 7 heteroatoms. The van der Waals surface area contributed by atoms with Gasteiger partial charge in [-0.05, 0) is 44.5 Å². The Labute approximate surface area is 174 Å². The van der Waals surface area contributed by atoms with Crippen molar-refractivity contribution in [3.05, 3.63) is 69.7 Å². The highest BCUT2D eigenvalue weighted by Gasteiger charge is 2.18. The first-order valence-electron chi connectivity index (χ1n) is 9.19. The molecule has 150 valence electrons. The molecule has 29 heavy (non-hydrogen) atoms. The second-order valence-electron chi connectivity index (χ2n) is 7.10. The van der Waals surface area contributed by atoms with Gasteiger partial charge in [0, 0.05) is 30.9 Å². The van der Waals surface area contributed by atoms with Crippen LogP contribution in [0.15, 0.2) is 42.5 Å². The number of benzene rings is 2. The number of rotatable bonds is 4. The molecule has 3 rings (SSSR count). The molecule has 1 aromatic heterocycles. The van der Waals surface area contributed by atoms with Crippen LogP contribution in [-0.2, 0) is 0 Å². The molecular formula is C22H24N4O2S. The van der Waals surface area contributed by atoms with E-state index in [4.69, 9.17) is 0 Å². The van der Waals surface area contributed by atoms with Crippen molar-refractivity contribution in [2.24, 2.45) is 0 Å². The van der Waals surface area contributed by atoms with Gasteiger partial charge in [-0.1, -0.05) is 29.8 Å². The Morgan fingerprint density at radius 2 is 1.69 bits per heavy atom. The summed E-state index contributed by atoms with van der Waals surface area (Å²) < 4.78 is 0. The zero-order valence-corrected chi connectivity index (χ0v) is 18.0. The highest BCUT2D eigenvalue weighted by atomic mass is 32.1. The molecule has 0 fully saturated rings. The van der Waals surface area contributed by atoms with Crippen LogP contribution in [0, 0.1) is 20.8 Å². The number of nitrogens with zero attached hydrogens (tertiary/aromatic N) is 2. The number of hydrazine groups is 1. The van der Waals surface area contributed by atoms with Crippen LogP contribution in [0.5, 0.6) is 0 Å². The summed E-state index contributed by atoms with van der Waals surface area (Å²) in [6.07, 6.45) is 0. The number of nitrogens with one attached hydrogen (secondary N) is 2. The topological polar surface area (TPSA) is 74.3 Å². The third-order valence-corrected chi connectivity index (χ3v) is 5.72. The lowest BCUT2D eigenvalue weighted by molar-refractivity contribution is 0.0848. The van der Waals surface area contributed by atoms with Crippen LogP contribution in [0.3, 0.4) is 0 Å². The summed E-state index contributed by atoms with van der Waals surface area (Å²) in [5, 5.41) is 0.787. The van der Waals surface area contributed by atoms with E-state index < -0.39 is 0 Å². The average Bonchev–Trinajstić information content (AvgIpc) is 3.07. The summed E-state index contributed by atoms with van der Waals surface area (Å²) in [7, 11) is 3.80. The van der Waals surface area contributed by atoms with Crippen LogP contribution in [0.2, 0.25) is 0 Å². The van der Waals surface area contributed by atoms with Crippen molar-refractivity contribution in [3.8, 4) is 10.6 Å². The van der Waals surface area contributed by atoms with Gasteiger partial charge in [-0.2, -0.15) is 0 Å². The first-order chi connectivity index (χ1) is 13.8. The molecule has 0 saturated carbocycles. The SMILES string of the molecule is Cc1ccc(-c2nc(C)c(C(=O)NNC(=O)c3cccc(N(C)C)c3)s2)c(C)c1. The number of carbonyl (C=O) groups excluding carboxylic acids is 2. The fraction of sp³-hybridized carbons (Fsp3) is 0.227. The normalized spacial score (nSPS) is 10.5. The van der Waals surface area contributed by atoms with Crippen LogP contribution in [-0.4, -0.2) is 30.9 Å². The lowest BCUT2D eigenvalue weighted by Gasteiger charge is -2.13. The number of aryl methyl sites for hydroxylation is 3. The molecular weight excluding hydrogens is 384 g/mol. The van der Waals surface area contributed by atoms with Gasteiger partial charge in [0.25, 0.3) is 11.8 Å². The van der Waals surface area contributed by atoms with E-state index in [-0.39, 0.29) is 11.8 Å². The van der Waals surface area contributed by atoms with Gasteiger partial charge in [0.05, 0.1) is 5.69 Å². The van der Waals surface area contributed by atoms with Crippen molar-refractivity contribution >= 4 is 28.8 Å². The highest BCUT2D eigenvalue weighted by molar-refractivity contribution is 7.17. The molecule has 2 N–H and O–H groups in total. The van der Waals surface area contributed by atoms with Gasteiger partial charge < -0.3 is 4.90 Å². The van der Waals surface area contributed by atoms with Gasteiger partial charge in [-0.3, -0.25) is 20.4 Å².